The fourth-order valence-corrected chi connectivity index (χ4v) is 1.93. The number of thiol groups is 1. The molecular weight excluding hydrogens is 200 g/mol. The van der Waals surface area contributed by atoms with E-state index in [4.69, 9.17) is 0 Å². The van der Waals surface area contributed by atoms with Crippen LogP contribution in [-0.2, 0) is 0 Å². The number of aryl methyl sites for hydroxylation is 2. The van der Waals surface area contributed by atoms with Gasteiger partial charge in [0.1, 0.15) is 0 Å². The van der Waals surface area contributed by atoms with Gasteiger partial charge in [0.15, 0.2) is 0 Å². The molecule has 15 heavy (non-hydrogen) atoms. The lowest BCUT2D eigenvalue weighted by atomic mass is 9.99. The molecule has 0 nitrogen and oxygen atoms in total. The van der Waals surface area contributed by atoms with Crippen LogP contribution in [0.1, 0.15) is 11.1 Å². The lowest BCUT2D eigenvalue weighted by Gasteiger charge is -2.07. The fourth-order valence-electron chi connectivity index (χ4n) is 1.78. The van der Waals surface area contributed by atoms with Crippen molar-refractivity contribution in [2.75, 3.05) is 0 Å². The predicted molar refractivity (Wildman–Crippen MR) is 68.6 cm³/mol. The molecule has 0 radical (unpaired) electrons. The maximum absolute atomic E-state index is 4.29. The third kappa shape index (κ3) is 2.24. The van der Waals surface area contributed by atoms with E-state index in [2.05, 4.69) is 56.8 Å². The Morgan fingerprint density at radius 1 is 0.867 bits per heavy atom. The van der Waals surface area contributed by atoms with E-state index >= 15 is 0 Å². The molecular formula is C14H14S. The van der Waals surface area contributed by atoms with Gasteiger partial charge in [-0.3, -0.25) is 0 Å². The smallest absolute Gasteiger partial charge is 0.00404 e. The monoisotopic (exact) mass is 214 g/mol. The minimum absolute atomic E-state index is 1.00. The van der Waals surface area contributed by atoms with Crippen LogP contribution in [0, 0.1) is 13.8 Å². The highest BCUT2D eigenvalue weighted by Gasteiger charge is 2.01. The lowest BCUT2D eigenvalue weighted by Crippen LogP contribution is -1.84. The Balaban J connectivity index is 2.49. The molecule has 0 spiro atoms. The van der Waals surface area contributed by atoms with E-state index in [-0.39, 0.29) is 0 Å². The summed E-state index contributed by atoms with van der Waals surface area (Å²) in [6, 6.07) is 14.8. The highest BCUT2D eigenvalue weighted by Crippen LogP contribution is 2.24. The number of hydrogen-bond donors (Lipinski definition) is 1. The zero-order valence-electron chi connectivity index (χ0n) is 8.99. The van der Waals surface area contributed by atoms with Crippen LogP contribution >= 0.6 is 12.6 Å². The summed E-state index contributed by atoms with van der Waals surface area (Å²) in [6.45, 7) is 4.27. The summed E-state index contributed by atoms with van der Waals surface area (Å²) < 4.78 is 0. The number of benzene rings is 2. The molecule has 0 aliphatic heterocycles. The first-order chi connectivity index (χ1) is 7.16. The van der Waals surface area contributed by atoms with Gasteiger partial charge in [0, 0.05) is 4.90 Å². The van der Waals surface area contributed by atoms with Crippen LogP contribution in [-0.4, -0.2) is 0 Å². The zero-order chi connectivity index (χ0) is 10.8. The van der Waals surface area contributed by atoms with Gasteiger partial charge in [-0.15, -0.1) is 12.6 Å². The maximum Gasteiger partial charge on any atom is 0.00404 e. The second kappa shape index (κ2) is 4.11. The Hall–Kier alpha value is -1.21. The summed E-state index contributed by atoms with van der Waals surface area (Å²) in [6.07, 6.45) is 0. The molecule has 0 aliphatic carbocycles. The van der Waals surface area contributed by atoms with Crippen molar-refractivity contribution in [3.05, 3.63) is 53.6 Å². The summed E-state index contributed by atoms with van der Waals surface area (Å²) in [5.74, 6) is 0. The molecule has 2 aromatic rings. The van der Waals surface area contributed by atoms with Gasteiger partial charge < -0.3 is 0 Å². The molecule has 0 saturated carbocycles. The Morgan fingerprint density at radius 3 is 2.13 bits per heavy atom. The van der Waals surface area contributed by atoms with Gasteiger partial charge in [0.25, 0.3) is 0 Å². The van der Waals surface area contributed by atoms with Gasteiger partial charge in [-0.2, -0.15) is 0 Å². The summed E-state index contributed by atoms with van der Waals surface area (Å²) in [5.41, 5.74) is 5.18. The van der Waals surface area contributed by atoms with Crippen molar-refractivity contribution in [1.29, 1.82) is 0 Å². The molecule has 0 amide bonds. The van der Waals surface area contributed by atoms with E-state index in [1.54, 1.807) is 0 Å². The maximum atomic E-state index is 4.29. The molecule has 0 unspecified atom stereocenters. The molecule has 1 heteroatoms. The van der Waals surface area contributed by atoms with Crippen LogP contribution in [0.15, 0.2) is 47.4 Å². The van der Waals surface area contributed by atoms with Gasteiger partial charge in [-0.25, -0.2) is 0 Å². The van der Waals surface area contributed by atoms with Gasteiger partial charge in [-0.1, -0.05) is 35.9 Å². The van der Waals surface area contributed by atoms with Gasteiger partial charge in [-0.05, 0) is 42.7 Å². The Bertz CT molecular complexity index is 469. The van der Waals surface area contributed by atoms with E-state index in [1.165, 1.54) is 22.3 Å². The third-order valence-electron chi connectivity index (χ3n) is 2.56. The van der Waals surface area contributed by atoms with Gasteiger partial charge in [0.05, 0.1) is 0 Å². The Labute approximate surface area is 96.4 Å². The Kier molecular flexibility index (Phi) is 2.83. The van der Waals surface area contributed by atoms with E-state index in [0.29, 0.717) is 0 Å². The van der Waals surface area contributed by atoms with Crippen molar-refractivity contribution < 1.29 is 0 Å². The highest BCUT2D eigenvalue weighted by molar-refractivity contribution is 7.80. The highest BCUT2D eigenvalue weighted by atomic mass is 32.1. The molecule has 0 N–H and O–H groups in total. The second-order valence-corrected chi connectivity index (χ2v) is 4.38. The van der Waals surface area contributed by atoms with E-state index in [9.17, 15) is 0 Å². The summed E-state index contributed by atoms with van der Waals surface area (Å²) in [5, 5.41) is 0. The predicted octanol–water partition coefficient (Wildman–Crippen LogP) is 4.26. The van der Waals surface area contributed by atoms with Gasteiger partial charge in [0.2, 0.25) is 0 Å². The van der Waals surface area contributed by atoms with Crippen LogP contribution < -0.4 is 0 Å². The van der Waals surface area contributed by atoms with Crippen LogP contribution in [0.5, 0.6) is 0 Å². The molecule has 2 rings (SSSR count). The molecule has 0 saturated heterocycles. The molecule has 76 valence electrons. The molecule has 0 atom stereocenters. The molecule has 0 fully saturated rings. The van der Waals surface area contributed by atoms with Gasteiger partial charge >= 0.3 is 0 Å². The number of rotatable bonds is 1. The number of hydrogen-bond acceptors (Lipinski definition) is 1. The van der Waals surface area contributed by atoms with Crippen LogP contribution in [0.2, 0.25) is 0 Å². The third-order valence-corrected chi connectivity index (χ3v) is 2.86. The Morgan fingerprint density at radius 2 is 1.53 bits per heavy atom. The van der Waals surface area contributed by atoms with Crippen LogP contribution in [0.3, 0.4) is 0 Å². The first kappa shape index (κ1) is 10.3. The normalized spacial score (nSPS) is 10.3. The van der Waals surface area contributed by atoms with Crippen LogP contribution in [0.4, 0.5) is 0 Å². The minimum Gasteiger partial charge on any atom is -0.143 e. The average molecular weight is 214 g/mol. The second-order valence-electron chi connectivity index (χ2n) is 3.87. The first-order valence-electron chi connectivity index (χ1n) is 5.03. The quantitative estimate of drug-likeness (QED) is 0.674. The molecule has 2 aromatic carbocycles. The SMILES string of the molecule is Cc1ccc(-c2ccc(S)cc2)c(C)c1. The van der Waals surface area contributed by atoms with Crippen molar-refractivity contribution in [1.82, 2.24) is 0 Å². The average Bonchev–Trinajstić information content (AvgIpc) is 2.20. The summed E-state index contributed by atoms with van der Waals surface area (Å²) in [7, 11) is 0. The molecule has 0 aromatic heterocycles. The summed E-state index contributed by atoms with van der Waals surface area (Å²) >= 11 is 4.29. The van der Waals surface area contributed by atoms with Crippen molar-refractivity contribution in [2.24, 2.45) is 0 Å². The lowest BCUT2D eigenvalue weighted by molar-refractivity contribution is 1.37. The van der Waals surface area contributed by atoms with E-state index in [1.807, 2.05) is 12.1 Å². The van der Waals surface area contributed by atoms with E-state index < -0.39 is 0 Å². The minimum atomic E-state index is 1.00. The first-order valence-corrected chi connectivity index (χ1v) is 5.48. The zero-order valence-corrected chi connectivity index (χ0v) is 9.88. The van der Waals surface area contributed by atoms with Crippen molar-refractivity contribution in [3.63, 3.8) is 0 Å². The van der Waals surface area contributed by atoms with E-state index in [0.717, 1.165) is 4.90 Å². The summed E-state index contributed by atoms with van der Waals surface area (Å²) in [4.78, 5) is 1.00. The fraction of sp³-hybridized carbons (Fsp3) is 0.143. The molecule has 0 aliphatic rings. The topological polar surface area (TPSA) is 0 Å². The standard InChI is InChI=1S/C14H14S/c1-10-3-8-14(11(2)9-10)12-4-6-13(15)7-5-12/h3-9,15H,1-2H3. The largest absolute Gasteiger partial charge is 0.143 e. The molecule has 0 bridgehead atoms. The van der Waals surface area contributed by atoms with Crippen molar-refractivity contribution in [2.45, 2.75) is 18.7 Å². The van der Waals surface area contributed by atoms with Crippen molar-refractivity contribution >= 4 is 12.6 Å². The van der Waals surface area contributed by atoms with Crippen molar-refractivity contribution in [3.8, 4) is 11.1 Å². The molecule has 0 heterocycles. The van der Waals surface area contributed by atoms with Crippen LogP contribution in [0.25, 0.3) is 11.1 Å².